The minimum Gasteiger partial charge on any atom is -0.310 e. The standard InChI is InChI=1S/C23H36FN/c1-5-6-17-7-8-18(14-21(17)15(2)3)20-11-12-25-23(20)19-9-10-22(24)16(4)13-19/h13-15,17,20-21,23,25H,5-12H2,1-4H3. The number of hydrogen-bond acceptors (Lipinski definition) is 1. The predicted octanol–water partition coefficient (Wildman–Crippen LogP) is 6.34. The highest BCUT2D eigenvalue weighted by Gasteiger charge is 2.36. The van der Waals surface area contributed by atoms with Gasteiger partial charge in [0.15, 0.2) is 0 Å². The first-order valence-corrected chi connectivity index (χ1v) is 10.5. The maximum Gasteiger partial charge on any atom is 0.103 e. The SMILES string of the molecule is CCCC1CCC(C2CCNC2C2=CC(C)=C(F)CC2)=CC1C(C)C. The van der Waals surface area contributed by atoms with E-state index in [1.165, 1.54) is 37.7 Å². The van der Waals surface area contributed by atoms with Crippen molar-refractivity contribution < 1.29 is 4.39 Å². The topological polar surface area (TPSA) is 12.0 Å². The van der Waals surface area contributed by atoms with Gasteiger partial charge in [-0.2, -0.15) is 0 Å². The zero-order chi connectivity index (χ0) is 18.0. The Kier molecular flexibility index (Phi) is 6.20. The van der Waals surface area contributed by atoms with Crippen molar-refractivity contribution in [2.24, 2.45) is 23.7 Å². The van der Waals surface area contributed by atoms with Gasteiger partial charge in [-0.05, 0) is 62.5 Å². The van der Waals surface area contributed by atoms with Crippen LogP contribution < -0.4 is 5.32 Å². The van der Waals surface area contributed by atoms with Crippen molar-refractivity contribution in [3.63, 3.8) is 0 Å². The lowest BCUT2D eigenvalue weighted by Crippen LogP contribution is -2.33. The molecule has 1 fully saturated rings. The number of halogens is 1. The molecule has 1 N–H and O–H groups in total. The first-order valence-electron chi connectivity index (χ1n) is 10.5. The number of rotatable bonds is 5. The van der Waals surface area contributed by atoms with Crippen LogP contribution in [0.5, 0.6) is 0 Å². The molecule has 2 aliphatic carbocycles. The summed E-state index contributed by atoms with van der Waals surface area (Å²) >= 11 is 0. The lowest BCUT2D eigenvalue weighted by atomic mass is 9.70. The Labute approximate surface area is 153 Å². The van der Waals surface area contributed by atoms with Gasteiger partial charge in [-0.1, -0.05) is 56.9 Å². The third-order valence-electron chi connectivity index (χ3n) is 6.74. The van der Waals surface area contributed by atoms with Gasteiger partial charge < -0.3 is 5.32 Å². The van der Waals surface area contributed by atoms with E-state index in [9.17, 15) is 4.39 Å². The van der Waals surface area contributed by atoms with E-state index in [4.69, 9.17) is 0 Å². The fourth-order valence-electron chi connectivity index (χ4n) is 5.38. The van der Waals surface area contributed by atoms with Crippen LogP contribution in [0.1, 0.15) is 72.6 Å². The largest absolute Gasteiger partial charge is 0.310 e. The van der Waals surface area contributed by atoms with Gasteiger partial charge in [-0.3, -0.25) is 0 Å². The number of allylic oxidation sites excluding steroid dienone is 4. The van der Waals surface area contributed by atoms with Crippen molar-refractivity contribution in [2.75, 3.05) is 6.54 Å². The molecule has 3 aliphatic rings. The van der Waals surface area contributed by atoms with E-state index in [1.54, 1.807) is 5.57 Å². The summed E-state index contributed by atoms with van der Waals surface area (Å²) in [5.74, 6) is 3.05. The summed E-state index contributed by atoms with van der Waals surface area (Å²) in [7, 11) is 0. The highest BCUT2D eigenvalue weighted by atomic mass is 19.1. The van der Waals surface area contributed by atoms with Crippen molar-refractivity contribution in [1.29, 1.82) is 0 Å². The molecule has 0 aromatic carbocycles. The third-order valence-corrected chi connectivity index (χ3v) is 6.74. The lowest BCUT2D eigenvalue weighted by Gasteiger charge is -2.36. The smallest absolute Gasteiger partial charge is 0.103 e. The lowest BCUT2D eigenvalue weighted by molar-refractivity contribution is 0.255. The fraction of sp³-hybridized carbons (Fsp3) is 0.739. The predicted molar refractivity (Wildman–Crippen MR) is 105 cm³/mol. The Hall–Kier alpha value is -0.890. The molecule has 1 nitrogen and oxygen atoms in total. The van der Waals surface area contributed by atoms with Crippen LogP contribution in [0.3, 0.4) is 0 Å². The molecule has 2 heteroatoms. The second kappa shape index (κ2) is 8.20. The van der Waals surface area contributed by atoms with Gasteiger partial charge in [0.1, 0.15) is 5.83 Å². The molecule has 3 rings (SSSR count). The summed E-state index contributed by atoms with van der Waals surface area (Å²) in [6.45, 7) is 10.1. The highest BCUT2D eigenvalue weighted by Crippen LogP contribution is 2.43. The van der Waals surface area contributed by atoms with Crippen LogP contribution in [0.15, 0.2) is 34.7 Å². The molecule has 0 bridgehead atoms. The van der Waals surface area contributed by atoms with E-state index in [0.29, 0.717) is 18.4 Å². The normalized spacial score (nSPS) is 33.7. The van der Waals surface area contributed by atoms with Gasteiger partial charge in [-0.15, -0.1) is 0 Å². The molecule has 0 spiro atoms. The Balaban J connectivity index is 1.80. The monoisotopic (exact) mass is 345 g/mol. The van der Waals surface area contributed by atoms with Crippen LogP contribution in [0.4, 0.5) is 4.39 Å². The molecule has 1 aliphatic heterocycles. The molecule has 0 aromatic rings. The molecule has 4 unspecified atom stereocenters. The van der Waals surface area contributed by atoms with Crippen LogP contribution in [-0.2, 0) is 0 Å². The van der Waals surface area contributed by atoms with Crippen molar-refractivity contribution in [3.8, 4) is 0 Å². The number of hydrogen-bond donors (Lipinski definition) is 1. The maximum absolute atomic E-state index is 13.7. The molecule has 0 radical (unpaired) electrons. The van der Waals surface area contributed by atoms with E-state index < -0.39 is 0 Å². The summed E-state index contributed by atoms with van der Waals surface area (Å²) in [6, 6.07) is 0.435. The van der Waals surface area contributed by atoms with E-state index in [1.807, 2.05) is 6.92 Å². The summed E-state index contributed by atoms with van der Waals surface area (Å²) in [4.78, 5) is 0. The Morgan fingerprint density at radius 2 is 1.96 bits per heavy atom. The zero-order valence-corrected chi connectivity index (χ0v) is 16.6. The van der Waals surface area contributed by atoms with Gasteiger partial charge in [0.05, 0.1) is 0 Å². The van der Waals surface area contributed by atoms with Crippen molar-refractivity contribution in [2.45, 2.75) is 78.7 Å². The number of nitrogens with one attached hydrogen (secondary N) is 1. The average Bonchev–Trinajstić information content (AvgIpc) is 3.07. The Bertz CT molecular complexity index is 569. The fourth-order valence-corrected chi connectivity index (χ4v) is 5.38. The Morgan fingerprint density at radius 3 is 2.64 bits per heavy atom. The van der Waals surface area contributed by atoms with E-state index in [-0.39, 0.29) is 5.83 Å². The molecule has 140 valence electrons. The van der Waals surface area contributed by atoms with E-state index >= 15 is 0 Å². The molecule has 0 saturated carbocycles. The van der Waals surface area contributed by atoms with Crippen molar-refractivity contribution >= 4 is 0 Å². The van der Waals surface area contributed by atoms with Gasteiger partial charge in [-0.25, -0.2) is 4.39 Å². The average molecular weight is 346 g/mol. The first kappa shape index (κ1) is 18.9. The highest BCUT2D eigenvalue weighted by molar-refractivity contribution is 5.35. The summed E-state index contributed by atoms with van der Waals surface area (Å²) in [6.07, 6.45) is 12.8. The molecule has 1 saturated heterocycles. The quantitative estimate of drug-likeness (QED) is 0.573. The molecule has 0 amide bonds. The van der Waals surface area contributed by atoms with Crippen LogP contribution in [0.25, 0.3) is 0 Å². The molecule has 1 heterocycles. The molecule has 4 atom stereocenters. The van der Waals surface area contributed by atoms with Gasteiger partial charge >= 0.3 is 0 Å². The summed E-state index contributed by atoms with van der Waals surface area (Å²) < 4.78 is 13.7. The van der Waals surface area contributed by atoms with Gasteiger partial charge in [0.25, 0.3) is 0 Å². The zero-order valence-electron chi connectivity index (χ0n) is 16.6. The summed E-state index contributed by atoms with van der Waals surface area (Å²) in [5, 5.41) is 3.74. The second-order valence-electron chi connectivity index (χ2n) is 8.78. The molecular formula is C23H36FN. The van der Waals surface area contributed by atoms with Gasteiger partial charge in [0, 0.05) is 18.4 Å². The minimum atomic E-state index is 0.0810. The first-order chi connectivity index (χ1) is 12.0. The van der Waals surface area contributed by atoms with Gasteiger partial charge in [0.2, 0.25) is 0 Å². The molecular weight excluding hydrogens is 309 g/mol. The Morgan fingerprint density at radius 1 is 1.16 bits per heavy atom. The second-order valence-corrected chi connectivity index (χ2v) is 8.78. The van der Waals surface area contributed by atoms with Crippen LogP contribution in [0, 0.1) is 23.7 Å². The van der Waals surface area contributed by atoms with Crippen LogP contribution in [0.2, 0.25) is 0 Å². The van der Waals surface area contributed by atoms with Crippen molar-refractivity contribution in [1.82, 2.24) is 5.32 Å². The summed E-state index contributed by atoms with van der Waals surface area (Å²) in [5.41, 5.74) is 3.96. The van der Waals surface area contributed by atoms with E-state index in [2.05, 4.69) is 38.2 Å². The van der Waals surface area contributed by atoms with Crippen LogP contribution in [-0.4, -0.2) is 12.6 Å². The van der Waals surface area contributed by atoms with Crippen LogP contribution >= 0.6 is 0 Å². The molecule has 25 heavy (non-hydrogen) atoms. The van der Waals surface area contributed by atoms with Crippen molar-refractivity contribution in [3.05, 3.63) is 34.7 Å². The maximum atomic E-state index is 13.7. The third kappa shape index (κ3) is 4.10. The minimum absolute atomic E-state index is 0.0810. The molecule has 0 aromatic heterocycles. The van der Waals surface area contributed by atoms with E-state index in [0.717, 1.165) is 36.3 Å².